The first kappa shape index (κ1) is 32.4. The van der Waals surface area contributed by atoms with Gasteiger partial charge in [-0.3, -0.25) is 0 Å². The molecular formula is C33H56O. The third-order valence-corrected chi connectivity index (χ3v) is 6.45. The maximum atomic E-state index is 9.22. The fourth-order valence-electron chi connectivity index (χ4n) is 4.02. The summed E-state index contributed by atoms with van der Waals surface area (Å²) in [7, 11) is 0. The average Bonchev–Trinajstić information content (AvgIpc) is 2.79. The number of rotatable bonds is 14. The molecule has 1 heteroatoms. The summed E-state index contributed by atoms with van der Waals surface area (Å²) in [5.74, 6) is 0.516. The minimum Gasteiger partial charge on any atom is -0.396 e. The van der Waals surface area contributed by atoms with Gasteiger partial charge >= 0.3 is 0 Å². The predicted molar refractivity (Wildman–Crippen MR) is 155 cm³/mol. The molecule has 0 fully saturated rings. The van der Waals surface area contributed by atoms with Crippen LogP contribution in [0.3, 0.4) is 0 Å². The van der Waals surface area contributed by atoms with Crippen molar-refractivity contribution < 1.29 is 5.11 Å². The summed E-state index contributed by atoms with van der Waals surface area (Å²) in [6.07, 6.45) is 25.7. The normalized spacial score (nSPS) is 16.2. The molecule has 1 nitrogen and oxygen atoms in total. The standard InChI is InChI=1S/C18H30O.C15H26/c1-15(2)7-4-8-16(3)9-5-10-17-11-6-12-18(13-17)14-19;1-6-14(4)10-8-12-15(5)11-7-9-13(2)3/h7,9,11,18-19H,4-6,8,10,12-14H2,1-3H3;9,12H,4,6-8,10-11H2,1-3,5H3/b16-9+;15-12+. The van der Waals surface area contributed by atoms with E-state index in [1.54, 1.807) is 5.57 Å². The highest BCUT2D eigenvalue weighted by atomic mass is 16.3. The summed E-state index contributed by atoms with van der Waals surface area (Å²) in [4.78, 5) is 0. The van der Waals surface area contributed by atoms with E-state index in [9.17, 15) is 5.11 Å². The van der Waals surface area contributed by atoms with Gasteiger partial charge in [0.1, 0.15) is 0 Å². The van der Waals surface area contributed by atoms with Gasteiger partial charge in [0, 0.05) is 6.61 Å². The van der Waals surface area contributed by atoms with E-state index in [0.29, 0.717) is 12.5 Å². The molecule has 0 bridgehead atoms. The summed E-state index contributed by atoms with van der Waals surface area (Å²) >= 11 is 0. The first-order valence-corrected chi connectivity index (χ1v) is 13.7. The predicted octanol–water partition coefficient (Wildman–Crippen LogP) is 10.6. The lowest BCUT2D eigenvalue weighted by atomic mass is 9.87. The van der Waals surface area contributed by atoms with Gasteiger partial charge in [-0.05, 0) is 125 Å². The summed E-state index contributed by atoms with van der Waals surface area (Å²) < 4.78 is 0. The Morgan fingerprint density at radius 2 is 1.38 bits per heavy atom. The van der Waals surface area contributed by atoms with Gasteiger partial charge in [-0.2, -0.15) is 0 Å². The lowest BCUT2D eigenvalue weighted by molar-refractivity contribution is 0.214. The Hall–Kier alpha value is -1.60. The van der Waals surface area contributed by atoms with Crippen molar-refractivity contribution >= 4 is 0 Å². The van der Waals surface area contributed by atoms with Gasteiger partial charge in [0.15, 0.2) is 0 Å². The average molecular weight is 469 g/mol. The van der Waals surface area contributed by atoms with Crippen molar-refractivity contribution in [2.24, 2.45) is 5.92 Å². The van der Waals surface area contributed by atoms with Crippen LogP contribution in [-0.2, 0) is 0 Å². The van der Waals surface area contributed by atoms with Crippen LogP contribution in [0.4, 0.5) is 0 Å². The second kappa shape index (κ2) is 20.7. The van der Waals surface area contributed by atoms with Crippen molar-refractivity contribution in [3.8, 4) is 0 Å². The smallest absolute Gasteiger partial charge is 0.0462 e. The molecule has 1 aliphatic rings. The molecule has 34 heavy (non-hydrogen) atoms. The molecule has 1 N–H and O–H groups in total. The Morgan fingerprint density at radius 3 is 1.88 bits per heavy atom. The van der Waals surface area contributed by atoms with Crippen molar-refractivity contribution in [2.75, 3.05) is 6.61 Å². The monoisotopic (exact) mass is 468 g/mol. The molecule has 0 aromatic carbocycles. The van der Waals surface area contributed by atoms with Gasteiger partial charge in [0.2, 0.25) is 0 Å². The Bertz CT molecular complexity index is 703. The van der Waals surface area contributed by atoms with Gasteiger partial charge < -0.3 is 5.11 Å². The summed E-state index contributed by atoms with van der Waals surface area (Å²) in [5.41, 5.74) is 8.77. The van der Waals surface area contributed by atoms with Gasteiger partial charge in [-0.1, -0.05) is 77.3 Å². The quantitative estimate of drug-likeness (QED) is 0.251. The van der Waals surface area contributed by atoms with Crippen molar-refractivity contribution in [3.05, 3.63) is 70.4 Å². The van der Waals surface area contributed by atoms with Crippen molar-refractivity contribution in [1.82, 2.24) is 0 Å². The molecule has 0 aliphatic heterocycles. The van der Waals surface area contributed by atoms with Crippen LogP contribution in [-0.4, -0.2) is 11.7 Å². The van der Waals surface area contributed by atoms with Crippen molar-refractivity contribution in [1.29, 1.82) is 0 Å². The van der Waals surface area contributed by atoms with Crippen LogP contribution in [0, 0.1) is 5.92 Å². The highest BCUT2D eigenvalue weighted by Gasteiger charge is 2.13. The number of hydrogen-bond donors (Lipinski definition) is 1. The molecule has 1 atom stereocenters. The van der Waals surface area contributed by atoms with Crippen LogP contribution in [0.1, 0.15) is 126 Å². The number of allylic oxidation sites excluding steroid dienone is 11. The Morgan fingerprint density at radius 1 is 0.853 bits per heavy atom. The first-order valence-electron chi connectivity index (χ1n) is 13.7. The molecule has 0 radical (unpaired) electrons. The van der Waals surface area contributed by atoms with Crippen LogP contribution >= 0.6 is 0 Å². The molecule has 0 saturated heterocycles. The third kappa shape index (κ3) is 19.8. The van der Waals surface area contributed by atoms with Crippen LogP contribution in [0.2, 0.25) is 0 Å². The lowest BCUT2D eigenvalue weighted by Gasteiger charge is -2.20. The first-order chi connectivity index (χ1) is 16.2. The van der Waals surface area contributed by atoms with E-state index in [-0.39, 0.29) is 0 Å². The molecule has 0 aromatic rings. The summed E-state index contributed by atoms with van der Waals surface area (Å²) in [5, 5.41) is 9.22. The van der Waals surface area contributed by atoms with E-state index in [1.807, 2.05) is 0 Å². The fraction of sp³-hybridized carbons (Fsp3) is 0.636. The van der Waals surface area contributed by atoms with Crippen molar-refractivity contribution in [2.45, 2.75) is 126 Å². The Kier molecular flexibility index (Phi) is 19.8. The molecule has 0 aromatic heterocycles. The Labute approximate surface area is 213 Å². The van der Waals surface area contributed by atoms with Crippen LogP contribution < -0.4 is 0 Å². The molecule has 194 valence electrons. The fourth-order valence-corrected chi connectivity index (χ4v) is 4.02. The topological polar surface area (TPSA) is 20.2 Å². The van der Waals surface area contributed by atoms with Gasteiger partial charge in [-0.15, -0.1) is 0 Å². The highest BCUT2D eigenvalue weighted by molar-refractivity contribution is 5.10. The molecule has 1 unspecified atom stereocenters. The molecule has 0 saturated carbocycles. The van der Waals surface area contributed by atoms with E-state index in [1.165, 1.54) is 60.0 Å². The Balaban J connectivity index is 0.000000661. The molecule has 0 spiro atoms. The largest absolute Gasteiger partial charge is 0.396 e. The van der Waals surface area contributed by atoms with Gasteiger partial charge in [-0.25, -0.2) is 0 Å². The molecule has 0 heterocycles. The van der Waals surface area contributed by atoms with E-state index in [2.05, 4.69) is 85.4 Å². The zero-order valence-electron chi connectivity index (χ0n) is 23.8. The maximum Gasteiger partial charge on any atom is 0.0462 e. The van der Waals surface area contributed by atoms with Crippen molar-refractivity contribution in [3.63, 3.8) is 0 Å². The third-order valence-electron chi connectivity index (χ3n) is 6.45. The van der Waals surface area contributed by atoms with E-state index < -0.39 is 0 Å². The molecular weight excluding hydrogens is 412 g/mol. The summed E-state index contributed by atoms with van der Waals surface area (Å²) in [6, 6.07) is 0. The van der Waals surface area contributed by atoms with Gasteiger partial charge in [0.25, 0.3) is 0 Å². The minimum absolute atomic E-state index is 0.356. The SMILES string of the molecule is C=C(CC)CC/C=C(\C)CCC=C(C)C.CC(C)=CCC/C(C)=C/CCC1=CCCC(CO)C1. The zero-order valence-corrected chi connectivity index (χ0v) is 23.8. The molecule has 1 aliphatic carbocycles. The maximum absolute atomic E-state index is 9.22. The van der Waals surface area contributed by atoms with E-state index >= 15 is 0 Å². The zero-order chi connectivity index (χ0) is 25.8. The molecule has 0 amide bonds. The van der Waals surface area contributed by atoms with Crippen LogP contribution in [0.15, 0.2) is 70.4 Å². The molecule has 1 rings (SSSR count). The lowest BCUT2D eigenvalue weighted by Crippen LogP contribution is -2.10. The van der Waals surface area contributed by atoms with E-state index in [4.69, 9.17) is 0 Å². The number of hydrogen-bond acceptors (Lipinski definition) is 1. The number of aliphatic hydroxyl groups is 1. The second-order valence-electron chi connectivity index (χ2n) is 10.6. The van der Waals surface area contributed by atoms with Crippen LogP contribution in [0.25, 0.3) is 0 Å². The highest BCUT2D eigenvalue weighted by Crippen LogP contribution is 2.26. The second-order valence-corrected chi connectivity index (χ2v) is 10.6. The van der Waals surface area contributed by atoms with E-state index in [0.717, 1.165) is 44.9 Å². The summed E-state index contributed by atoms with van der Waals surface area (Å²) in [6.45, 7) is 19.6. The van der Waals surface area contributed by atoms with Crippen LogP contribution in [0.5, 0.6) is 0 Å². The minimum atomic E-state index is 0.356. The van der Waals surface area contributed by atoms with Gasteiger partial charge in [0.05, 0.1) is 0 Å². The number of aliphatic hydroxyl groups excluding tert-OH is 1.